The van der Waals surface area contributed by atoms with Gasteiger partial charge in [0, 0.05) is 17.6 Å². The summed E-state index contributed by atoms with van der Waals surface area (Å²) in [5.74, 6) is -0.793. The van der Waals surface area contributed by atoms with Gasteiger partial charge in [0.2, 0.25) is 21.8 Å². The van der Waals surface area contributed by atoms with E-state index in [0.29, 0.717) is 10.7 Å². The first kappa shape index (κ1) is 27.7. The molecule has 2 aromatic carbocycles. The molecule has 2 atom stereocenters. The Labute approximate surface area is 208 Å². The third-order valence-electron chi connectivity index (χ3n) is 5.58. The van der Waals surface area contributed by atoms with Crippen LogP contribution in [0.4, 0.5) is 5.69 Å². The van der Waals surface area contributed by atoms with Crippen molar-refractivity contribution in [3.8, 4) is 0 Å². The van der Waals surface area contributed by atoms with Gasteiger partial charge in [0.05, 0.1) is 11.9 Å². The first-order valence-electron chi connectivity index (χ1n) is 11.2. The van der Waals surface area contributed by atoms with Crippen molar-refractivity contribution in [1.82, 2.24) is 10.2 Å². The molecule has 0 heterocycles. The lowest BCUT2D eigenvalue weighted by Crippen LogP contribution is -2.52. The molecule has 2 amide bonds. The number of aryl methyl sites for hydroxylation is 2. The number of benzene rings is 2. The number of halogens is 1. The van der Waals surface area contributed by atoms with Crippen LogP contribution in [0.2, 0.25) is 5.02 Å². The van der Waals surface area contributed by atoms with Crippen LogP contribution in [0.15, 0.2) is 42.5 Å². The van der Waals surface area contributed by atoms with Gasteiger partial charge < -0.3 is 10.2 Å². The number of sulfonamides is 1. The van der Waals surface area contributed by atoms with Crippen LogP contribution in [0, 0.1) is 13.8 Å². The fraction of sp³-hybridized carbons (Fsp3) is 0.440. The molecule has 34 heavy (non-hydrogen) atoms. The highest BCUT2D eigenvalue weighted by atomic mass is 35.5. The second-order valence-corrected chi connectivity index (χ2v) is 11.1. The second kappa shape index (κ2) is 11.7. The molecule has 0 aliphatic carbocycles. The van der Waals surface area contributed by atoms with E-state index in [4.69, 9.17) is 11.6 Å². The van der Waals surface area contributed by atoms with Crippen LogP contribution in [0.5, 0.6) is 0 Å². The van der Waals surface area contributed by atoms with Crippen molar-refractivity contribution in [2.75, 3.05) is 17.1 Å². The highest BCUT2D eigenvalue weighted by Gasteiger charge is 2.30. The average molecular weight is 508 g/mol. The van der Waals surface area contributed by atoms with E-state index in [0.717, 1.165) is 33.7 Å². The number of rotatable bonds is 10. The van der Waals surface area contributed by atoms with Crippen LogP contribution in [-0.4, -0.2) is 50.0 Å². The number of nitrogens with zero attached hydrogens (tertiary/aromatic N) is 2. The second-order valence-electron chi connectivity index (χ2n) is 8.76. The van der Waals surface area contributed by atoms with Crippen LogP contribution >= 0.6 is 11.6 Å². The van der Waals surface area contributed by atoms with Gasteiger partial charge in [-0.15, -0.1) is 0 Å². The van der Waals surface area contributed by atoms with Crippen LogP contribution in [0.25, 0.3) is 0 Å². The lowest BCUT2D eigenvalue weighted by molar-refractivity contribution is -0.139. The van der Waals surface area contributed by atoms with Gasteiger partial charge in [0.1, 0.15) is 12.6 Å². The van der Waals surface area contributed by atoms with Gasteiger partial charge in [0.25, 0.3) is 0 Å². The van der Waals surface area contributed by atoms with Crippen molar-refractivity contribution in [3.63, 3.8) is 0 Å². The number of carbonyl (C=O) groups excluding carboxylic acids is 2. The summed E-state index contributed by atoms with van der Waals surface area (Å²) in [6, 6.07) is 11.5. The average Bonchev–Trinajstić information content (AvgIpc) is 2.73. The Hall–Kier alpha value is -2.58. The topological polar surface area (TPSA) is 86.8 Å². The number of amides is 2. The van der Waals surface area contributed by atoms with Crippen molar-refractivity contribution < 1.29 is 18.0 Å². The van der Waals surface area contributed by atoms with Crippen LogP contribution in [0.3, 0.4) is 0 Å². The van der Waals surface area contributed by atoms with E-state index in [1.165, 1.54) is 4.90 Å². The number of nitrogens with one attached hydrogen (secondary N) is 1. The first-order chi connectivity index (χ1) is 15.8. The third kappa shape index (κ3) is 7.74. The summed E-state index contributed by atoms with van der Waals surface area (Å²) in [5.41, 5.74) is 2.91. The molecule has 0 aliphatic rings. The van der Waals surface area contributed by atoms with Crippen molar-refractivity contribution in [2.45, 2.75) is 59.7 Å². The highest BCUT2D eigenvalue weighted by Crippen LogP contribution is 2.22. The maximum Gasteiger partial charge on any atom is 0.244 e. The van der Waals surface area contributed by atoms with Gasteiger partial charge in [-0.1, -0.05) is 36.7 Å². The lowest BCUT2D eigenvalue weighted by Gasteiger charge is -2.32. The maximum absolute atomic E-state index is 13.5. The molecule has 0 spiro atoms. The quantitative estimate of drug-likeness (QED) is 0.525. The van der Waals surface area contributed by atoms with E-state index in [2.05, 4.69) is 5.32 Å². The molecule has 0 saturated carbocycles. The minimum absolute atomic E-state index is 0.0548. The Morgan fingerprint density at radius 1 is 1.06 bits per heavy atom. The van der Waals surface area contributed by atoms with Crippen molar-refractivity contribution in [3.05, 3.63) is 64.2 Å². The predicted molar refractivity (Wildman–Crippen MR) is 137 cm³/mol. The normalized spacial score (nSPS) is 13.1. The lowest BCUT2D eigenvalue weighted by atomic mass is 10.1. The van der Waals surface area contributed by atoms with E-state index < -0.39 is 28.5 Å². The van der Waals surface area contributed by atoms with Gasteiger partial charge in [-0.3, -0.25) is 13.9 Å². The summed E-state index contributed by atoms with van der Waals surface area (Å²) < 4.78 is 26.4. The van der Waals surface area contributed by atoms with E-state index in [9.17, 15) is 18.0 Å². The molecule has 0 bridgehead atoms. The van der Waals surface area contributed by atoms with Gasteiger partial charge in [-0.2, -0.15) is 0 Å². The van der Waals surface area contributed by atoms with Gasteiger partial charge in [-0.25, -0.2) is 8.42 Å². The van der Waals surface area contributed by atoms with Gasteiger partial charge in [-0.05, 0) is 75.1 Å². The number of hydrogen-bond acceptors (Lipinski definition) is 4. The summed E-state index contributed by atoms with van der Waals surface area (Å²) in [6.45, 7) is 8.90. The number of carbonyl (C=O) groups is 2. The van der Waals surface area contributed by atoms with Crippen LogP contribution in [0.1, 0.15) is 43.9 Å². The fourth-order valence-corrected chi connectivity index (χ4v) is 4.63. The SMILES string of the molecule is CC[C@@H](C)NC(=O)[C@@H](C)N(Cc1cccc(Cl)c1)C(=O)CN(c1cc(C)cc(C)c1)S(C)(=O)=O. The number of anilines is 1. The molecule has 0 aromatic heterocycles. The molecule has 1 N–H and O–H groups in total. The van der Waals surface area contributed by atoms with E-state index in [1.807, 2.05) is 39.8 Å². The molecule has 0 aliphatic heterocycles. The molecule has 2 rings (SSSR count). The maximum atomic E-state index is 13.5. The molecule has 0 radical (unpaired) electrons. The molecule has 0 fully saturated rings. The Kier molecular flexibility index (Phi) is 9.53. The zero-order chi connectivity index (χ0) is 25.6. The Balaban J connectivity index is 2.42. The van der Waals surface area contributed by atoms with Crippen molar-refractivity contribution >= 4 is 39.1 Å². The first-order valence-corrected chi connectivity index (χ1v) is 13.4. The van der Waals surface area contributed by atoms with E-state index in [-0.39, 0.29) is 18.5 Å². The van der Waals surface area contributed by atoms with Crippen LogP contribution in [-0.2, 0) is 26.2 Å². The van der Waals surface area contributed by atoms with E-state index >= 15 is 0 Å². The standard InChI is InChI=1S/C25H34ClN3O4S/c1-7-19(4)27-25(31)20(5)28(15-21-9-8-10-22(26)14-21)24(30)16-29(34(6,32)33)23-12-17(2)11-18(3)13-23/h8-14,19-20H,7,15-16H2,1-6H3,(H,27,31)/t19-,20-/m1/s1. The zero-order valence-electron chi connectivity index (χ0n) is 20.6. The molecule has 0 saturated heterocycles. The Bertz CT molecular complexity index is 1120. The van der Waals surface area contributed by atoms with Gasteiger partial charge in [0.15, 0.2) is 0 Å². The fourth-order valence-electron chi connectivity index (χ4n) is 3.59. The van der Waals surface area contributed by atoms with Crippen LogP contribution < -0.4 is 9.62 Å². The number of hydrogen-bond donors (Lipinski definition) is 1. The molecule has 2 aromatic rings. The minimum Gasteiger partial charge on any atom is -0.352 e. The molecular weight excluding hydrogens is 474 g/mol. The molecule has 186 valence electrons. The zero-order valence-corrected chi connectivity index (χ0v) is 22.2. The van der Waals surface area contributed by atoms with Gasteiger partial charge >= 0.3 is 0 Å². The van der Waals surface area contributed by atoms with Crippen molar-refractivity contribution in [2.24, 2.45) is 0 Å². The third-order valence-corrected chi connectivity index (χ3v) is 6.96. The molecule has 9 heteroatoms. The minimum atomic E-state index is -3.76. The molecule has 0 unspecified atom stereocenters. The Morgan fingerprint density at radius 2 is 1.68 bits per heavy atom. The summed E-state index contributed by atoms with van der Waals surface area (Å²) in [6.07, 6.45) is 1.81. The predicted octanol–water partition coefficient (Wildman–Crippen LogP) is 4.05. The largest absolute Gasteiger partial charge is 0.352 e. The molecular formula is C25H34ClN3O4S. The summed E-state index contributed by atoms with van der Waals surface area (Å²) in [5, 5.41) is 3.41. The summed E-state index contributed by atoms with van der Waals surface area (Å²) >= 11 is 6.12. The Morgan fingerprint density at radius 3 is 2.21 bits per heavy atom. The molecule has 7 nitrogen and oxygen atoms in total. The highest BCUT2D eigenvalue weighted by molar-refractivity contribution is 7.92. The smallest absolute Gasteiger partial charge is 0.244 e. The van der Waals surface area contributed by atoms with Crippen molar-refractivity contribution in [1.29, 1.82) is 0 Å². The summed E-state index contributed by atoms with van der Waals surface area (Å²) in [4.78, 5) is 27.8. The monoisotopic (exact) mass is 507 g/mol. The summed E-state index contributed by atoms with van der Waals surface area (Å²) in [7, 11) is -3.76. The van der Waals surface area contributed by atoms with E-state index in [1.54, 1.807) is 37.3 Å².